The van der Waals surface area contributed by atoms with Gasteiger partial charge in [-0.1, -0.05) is 12.1 Å². The third-order valence-electron chi connectivity index (χ3n) is 3.54. The first-order chi connectivity index (χ1) is 9.18. The summed E-state index contributed by atoms with van der Waals surface area (Å²) in [6.07, 6.45) is 3.71. The summed E-state index contributed by atoms with van der Waals surface area (Å²) in [6.45, 7) is 3.36. The van der Waals surface area contributed by atoms with E-state index >= 15 is 0 Å². The number of para-hydroxylation sites is 2. The van der Waals surface area contributed by atoms with Gasteiger partial charge in [-0.05, 0) is 19.1 Å². The zero-order chi connectivity index (χ0) is 13.4. The topological polar surface area (TPSA) is 44.8 Å². The lowest BCUT2D eigenvalue weighted by molar-refractivity contribution is 0.559. The molecule has 0 aliphatic carbocycles. The van der Waals surface area contributed by atoms with E-state index in [2.05, 4.69) is 4.98 Å². The number of aryl methyl sites for hydroxylation is 4. The first-order valence-electron chi connectivity index (χ1n) is 6.30. The second-order valence-electron chi connectivity index (χ2n) is 4.65. The van der Waals surface area contributed by atoms with Crippen LogP contribution < -0.4 is 5.69 Å². The van der Waals surface area contributed by atoms with Gasteiger partial charge in [0.1, 0.15) is 5.82 Å². The van der Waals surface area contributed by atoms with Gasteiger partial charge in [0, 0.05) is 32.5 Å². The highest BCUT2D eigenvalue weighted by atomic mass is 16.1. The van der Waals surface area contributed by atoms with Gasteiger partial charge in [0.05, 0.1) is 11.0 Å². The van der Waals surface area contributed by atoms with Crippen molar-refractivity contribution in [3.8, 4) is 0 Å². The quantitative estimate of drug-likeness (QED) is 0.713. The standard InChI is InChI=1S/C14H16N4O/c1-11-15-7-8-17(11)9-10-18-13-6-4-3-5-12(13)16(2)14(18)19/h3-8H,9-10H2,1-2H3. The fourth-order valence-corrected chi connectivity index (χ4v) is 2.43. The Hall–Kier alpha value is -2.30. The van der Waals surface area contributed by atoms with Gasteiger partial charge in [0.15, 0.2) is 0 Å². The number of imidazole rings is 2. The van der Waals surface area contributed by atoms with E-state index in [1.54, 1.807) is 10.8 Å². The van der Waals surface area contributed by atoms with Gasteiger partial charge in [-0.15, -0.1) is 0 Å². The SMILES string of the molecule is Cc1nccn1CCn1c(=O)n(C)c2ccccc21. The normalized spacial score (nSPS) is 11.3. The predicted molar refractivity (Wildman–Crippen MR) is 74.1 cm³/mol. The molecule has 0 amide bonds. The molecule has 2 heterocycles. The van der Waals surface area contributed by atoms with Crippen molar-refractivity contribution in [1.82, 2.24) is 18.7 Å². The molecule has 0 radical (unpaired) electrons. The van der Waals surface area contributed by atoms with Gasteiger partial charge < -0.3 is 4.57 Å². The van der Waals surface area contributed by atoms with E-state index in [9.17, 15) is 4.79 Å². The fourth-order valence-electron chi connectivity index (χ4n) is 2.43. The van der Waals surface area contributed by atoms with E-state index in [4.69, 9.17) is 0 Å². The van der Waals surface area contributed by atoms with Gasteiger partial charge in [-0.3, -0.25) is 9.13 Å². The lowest BCUT2D eigenvalue weighted by Crippen LogP contribution is -2.24. The third-order valence-corrected chi connectivity index (χ3v) is 3.54. The van der Waals surface area contributed by atoms with Crippen LogP contribution in [0.15, 0.2) is 41.5 Å². The Balaban J connectivity index is 1.99. The fraction of sp³-hybridized carbons (Fsp3) is 0.286. The smallest absolute Gasteiger partial charge is 0.328 e. The Labute approximate surface area is 110 Å². The van der Waals surface area contributed by atoms with Crippen LogP contribution in [0.5, 0.6) is 0 Å². The average Bonchev–Trinajstić information content (AvgIpc) is 2.93. The number of nitrogens with zero attached hydrogens (tertiary/aromatic N) is 4. The second kappa shape index (κ2) is 4.42. The molecule has 1 aromatic carbocycles. The molecule has 98 valence electrons. The zero-order valence-electron chi connectivity index (χ0n) is 11.1. The molecule has 19 heavy (non-hydrogen) atoms. The largest absolute Gasteiger partial charge is 0.333 e. The Morgan fingerprint density at radius 3 is 2.58 bits per heavy atom. The van der Waals surface area contributed by atoms with Gasteiger partial charge in [-0.2, -0.15) is 0 Å². The maximum Gasteiger partial charge on any atom is 0.328 e. The van der Waals surface area contributed by atoms with Gasteiger partial charge in [-0.25, -0.2) is 9.78 Å². The maximum atomic E-state index is 12.2. The van der Waals surface area contributed by atoms with Crippen LogP contribution in [0.2, 0.25) is 0 Å². The number of fused-ring (bicyclic) bond motifs is 1. The monoisotopic (exact) mass is 256 g/mol. The molecule has 0 aliphatic rings. The molecule has 0 fully saturated rings. The molecule has 5 nitrogen and oxygen atoms in total. The zero-order valence-corrected chi connectivity index (χ0v) is 11.1. The number of hydrogen-bond donors (Lipinski definition) is 0. The number of hydrogen-bond acceptors (Lipinski definition) is 2. The minimum atomic E-state index is 0.0268. The molecular weight excluding hydrogens is 240 g/mol. The summed E-state index contributed by atoms with van der Waals surface area (Å²) in [5.74, 6) is 0.966. The minimum absolute atomic E-state index is 0.0268. The molecule has 0 spiro atoms. The predicted octanol–water partition coefficient (Wildman–Crippen LogP) is 1.55. The summed E-state index contributed by atoms with van der Waals surface area (Å²) in [7, 11) is 1.81. The second-order valence-corrected chi connectivity index (χ2v) is 4.65. The van der Waals surface area contributed by atoms with Crippen molar-refractivity contribution in [2.24, 2.45) is 7.05 Å². The van der Waals surface area contributed by atoms with E-state index in [-0.39, 0.29) is 5.69 Å². The Bertz CT molecular complexity index is 778. The van der Waals surface area contributed by atoms with E-state index in [1.165, 1.54) is 0 Å². The van der Waals surface area contributed by atoms with Crippen LogP contribution in [-0.4, -0.2) is 18.7 Å². The van der Waals surface area contributed by atoms with Crippen molar-refractivity contribution in [2.75, 3.05) is 0 Å². The van der Waals surface area contributed by atoms with Crippen molar-refractivity contribution in [2.45, 2.75) is 20.0 Å². The third kappa shape index (κ3) is 1.87. The van der Waals surface area contributed by atoms with Crippen LogP contribution in [0.25, 0.3) is 11.0 Å². The molecule has 2 aromatic heterocycles. The van der Waals surface area contributed by atoms with Crippen LogP contribution in [0.1, 0.15) is 5.82 Å². The van der Waals surface area contributed by atoms with E-state index in [0.29, 0.717) is 6.54 Å². The summed E-state index contributed by atoms with van der Waals surface area (Å²) in [4.78, 5) is 16.4. The average molecular weight is 256 g/mol. The highest BCUT2D eigenvalue weighted by Gasteiger charge is 2.09. The summed E-state index contributed by atoms with van der Waals surface area (Å²) in [5, 5.41) is 0. The minimum Gasteiger partial charge on any atom is -0.333 e. The molecular formula is C14H16N4O. The van der Waals surface area contributed by atoms with Crippen LogP contribution in [0.3, 0.4) is 0 Å². The highest BCUT2D eigenvalue weighted by molar-refractivity contribution is 5.75. The summed E-state index contributed by atoms with van der Waals surface area (Å²) in [6, 6.07) is 7.86. The first-order valence-corrected chi connectivity index (χ1v) is 6.30. The lowest BCUT2D eigenvalue weighted by atomic mass is 10.3. The van der Waals surface area contributed by atoms with E-state index in [1.807, 2.05) is 53.6 Å². The molecule has 0 unspecified atom stereocenters. The Kier molecular flexibility index (Phi) is 2.74. The number of rotatable bonds is 3. The summed E-state index contributed by atoms with van der Waals surface area (Å²) in [5.41, 5.74) is 1.97. The summed E-state index contributed by atoms with van der Waals surface area (Å²) < 4.78 is 5.55. The highest BCUT2D eigenvalue weighted by Crippen LogP contribution is 2.11. The molecule has 0 saturated heterocycles. The molecule has 5 heteroatoms. The van der Waals surface area contributed by atoms with E-state index in [0.717, 1.165) is 23.4 Å². The van der Waals surface area contributed by atoms with Crippen molar-refractivity contribution in [1.29, 1.82) is 0 Å². The number of benzene rings is 1. The Morgan fingerprint density at radius 1 is 1.16 bits per heavy atom. The molecule has 0 aliphatic heterocycles. The van der Waals surface area contributed by atoms with Crippen molar-refractivity contribution >= 4 is 11.0 Å². The maximum absolute atomic E-state index is 12.2. The van der Waals surface area contributed by atoms with Gasteiger partial charge >= 0.3 is 5.69 Å². The summed E-state index contributed by atoms with van der Waals surface area (Å²) >= 11 is 0. The van der Waals surface area contributed by atoms with E-state index < -0.39 is 0 Å². The molecule has 0 saturated carbocycles. The molecule has 3 rings (SSSR count). The van der Waals surface area contributed by atoms with Crippen LogP contribution in [-0.2, 0) is 20.1 Å². The molecule has 0 N–H and O–H groups in total. The van der Waals surface area contributed by atoms with Crippen LogP contribution in [0, 0.1) is 6.92 Å². The molecule has 0 bridgehead atoms. The lowest BCUT2D eigenvalue weighted by Gasteiger charge is -2.06. The van der Waals surface area contributed by atoms with Crippen molar-refractivity contribution in [3.63, 3.8) is 0 Å². The van der Waals surface area contributed by atoms with Crippen LogP contribution >= 0.6 is 0 Å². The van der Waals surface area contributed by atoms with Gasteiger partial charge in [0.25, 0.3) is 0 Å². The van der Waals surface area contributed by atoms with Crippen molar-refractivity contribution < 1.29 is 0 Å². The Morgan fingerprint density at radius 2 is 1.89 bits per heavy atom. The van der Waals surface area contributed by atoms with Gasteiger partial charge in [0.2, 0.25) is 0 Å². The number of aromatic nitrogens is 4. The first kappa shape index (κ1) is 11.8. The van der Waals surface area contributed by atoms with Crippen molar-refractivity contribution in [3.05, 3.63) is 53.0 Å². The molecule has 0 atom stereocenters. The molecule has 3 aromatic rings. The van der Waals surface area contributed by atoms with Crippen LogP contribution in [0.4, 0.5) is 0 Å².